The van der Waals surface area contributed by atoms with Gasteiger partial charge in [0.05, 0.1) is 5.69 Å². The Bertz CT molecular complexity index is 596. The van der Waals surface area contributed by atoms with Crippen LogP contribution >= 0.6 is 0 Å². The average Bonchev–Trinajstić information content (AvgIpc) is 2.97. The standard InChI is InChI=1S/C17H23N3O3/c1-3-4-5-15(17(22)23)18-16(21)13-6-8-14(9-7-13)20-11-10-12(2)19-20/h6-9,15H,3-5,10-11H2,1-2H3,(H,18,21)(H,22,23). The first-order valence-corrected chi connectivity index (χ1v) is 7.96. The summed E-state index contributed by atoms with van der Waals surface area (Å²) in [5.74, 6) is -1.36. The second-order valence-electron chi connectivity index (χ2n) is 5.76. The minimum atomic E-state index is -0.995. The van der Waals surface area contributed by atoms with E-state index in [0.29, 0.717) is 12.0 Å². The lowest BCUT2D eigenvalue weighted by molar-refractivity contribution is -0.139. The van der Waals surface area contributed by atoms with Gasteiger partial charge in [-0.3, -0.25) is 9.80 Å². The van der Waals surface area contributed by atoms with Crippen molar-refractivity contribution in [2.75, 3.05) is 11.6 Å². The molecule has 1 aliphatic heterocycles. The number of carbonyl (C=O) groups excluding carboxylic acids is 1. The highest BCUT2D eigenvalue weighted by molar-refractivity contribution is 5.97. The maximum absolute atomic E-state index is 12.2. The zero-order chi connectivity index (χ0) is 16.8. The summed E-state index contributed by atoms with van der Waals surface area (Å²) in [7, 11) is 0. The van der Waals surface area contributed by atoms with Crippen LogP contribution in [0, 0.1) is 0 Å². The monoisotopic (exact) mass is 317 g/mol. The fourth-order valence-corrected chi connectivity index (χ4v) is 2.45. The molecular formula is C17H23N3O3. The molecule has 1 amide bonds. The van der Waals surface area contributed by atoms with Crippen molar-refractivity contribution in [3.63, 3.8) is 0 Å². The average molecular weight is 317 g/mol. The van der Waals surface area contributed by atoms with Gasteiger partial charge >= 0.3 is 5.97 Å². The first-order chi connectivity index (χ1) is 11.0. The number of carboxylic acids is 1. The number of carbonyl (C=O) groups is 2. The second kappa shape index (κ2) is 7.76. The summed E-state index contributed by atoms with van der Waals surface area (Å²) < 4.78 is 0. The van der Waals surface area contributed by atoms with Crippen LogP contribution in [0.1, 0.15) is 49.9 Å². The number of carboxylic acid groups (broad SMARTS) is 1. The summed E-state index contributed by atoms with van der Waals surface area (Å²) in [6.45, 7) is 4.82. The maximum Gasteiger partial charge on any atom is 0.326 e. The molecule has 1 unspecified atom stereocenters. The van der Waals surface area contributed by atoms with E-state index in [9.17, 15) is 14.7 Å². The lowest BCUT2D eigenvalue weighted by atomic mass is 10.1. The van der Waals surface area contributed by atoms with Crippen molar-refractivity contribution in [3.8, 4) is 0 Å². The van der Waals surface area contributed by atoms with Gasteiger partial charge in [-0.25, -0.2) is 4.79 Å². The van der Waals surface area contributed by atoms with Gasteiger partial charge in [-0.2, -0.15) is 5.10 Å². The van der Waals surface area contributed by atoms with E-state index in [-0.39, 0.29) is 5.91 Å². The van der Waals surface area contributed by atoms with Gasteiger partial charge in [-0.15, -0.1) is 0 Å². The molecule has 0 saturated carbocycles. The molecule has 2 N–H and O–H groups in total. The van der Waals surface area contributed by atoms with Gasteiger partial charge in [-0.1, -0.05) is 19.8 Å². The number of nitrogens with zero attached hydrogens (tertiary/aromatic N) is 2. The Morgan fingerprint density at radius 2 is 2.04 bits per heavy atom. The van der Waals surface area contributed by atoms with Crippen LogP contribution in [0.4, 0.5) is 5.69 Å². The highest BCUT2D eigenvalue weighted by Crippen LogP contribution is 2.20. The van der Waals surface area contributed by atoms with Crippen LogP contribution in [0.3, 0.4) is 0 Å². The minimum Gasteiger partial charge on any atom is -0.480 e. The van der Waals surface area contributed by atoms with Crippen LogP contribution in [0.5, 0.6) is 0 Å². The Balaban J connectivity index is 2.00. The number of hydrazone groups is 1. The van der Waals surface area contributed by atoms with Crippen molar-refractivity contribution >= 4 is 23.3 Å². The lowest BCUT2D eigenvalue weighted by Gasteiger charge is -2.16. The van der Waals surface area contributed by atoms with Crippen molar-refractivity contribution in [1.29, 1.82) is 0 Å². The lowest BCUT2D eigenvalue weighted by Crippen LogP contribution is -2.40. The van der Waals surface area contributed by atoms with Crippen LogP contribution in [0.25, 0.3) is 0 Å². The normalized spacial score (nSPS) is 15.2. The van der Waals surface area contributed by atoms with E-state index in [4.69, 9.17) is 0 Å². The molecule has 0 spiro atoms. The minimum absolute atomic E-state index is 0.360. The van der Waals surface area contributed by atoms with E-state index in [1.54, 1.807) is 12.1 Å². The van der Waals surface area contributed by atoms with Crippen molar-refractivity contribution in [1.82, 2.24) is 5.32 Å². The number of nitrogens with one attached hydrogen (secondary N) is 1. The predicted molar refractivity (Wildman–Crippen MR) is 89.9 cm³/mol. The molecule has 6 nitrogen and oxygen atoms in total. The summed E-state index contributed by atoms with van der Waals surface area (Å²) >= 11 is 0. The van der Waals surface area contributed by atoms with Crippen LogP contribution in [-0.4, -0.2) is 35.3 Å². The highest BCUT2D eigenvalue weighted by atomic mass is 16.4. The highest BCUT2D eigenvalue weighted by Gasteiger charge is 2.20. The molecule has 0 radical (unpaired) electrons. The molecule has 1 heterocycles. The zero-order valence-corrected chi connectivity index (χ0v) is 13.6. The molecule has 6 heteroatoms. The van der Waals surface area contributed by atoms with Crippen LogP contribution < -0.4 is 10.3 Å². The van der Waals surface area contributed by atoms with E-state index >= 15 is 0 Å². The van der Waals surface area contributed by atoms with Crippen molar-refractivity contribution in [3.05, 3.63) is 29.8 Å². The molecule has 0 aromatic heterocycles. The Morgan fingerprint density at radius 3 is 2.57 bits per heavy atom. The van der Waals surface area contributed by atoms with Gasteiger partial charge in [0.25, 0.3) is 5.91 Å². The largest absolute Gasteiger partial charge is 0.480 e. The molecule has 1 aromatic carbocycles. The van der Waals surface area contributed by atoms with Gasteiger partial charge in [0.2, 0.25) is 0 Å². The molecule has 0 fully saturated rings. The van der Waals surface area contributed by atoms with E-state index in [0.717, 1.165) is 37.2 Å². The second-order valence-corrected chi connectivity index (χ2v) is 5.76. The Kier molecular flexibility index (Phi) is 5.73. The molecule has 124 valence electrons. The Morgan fingerprint density at radius 1 is 1.35 bits per heavy atom. The summed E-state index contributed by atoms with van der Waals surface area (Å²) in [5, 5.41) is 18.1. The molecule has 0 bridgehead atoms. The molecule has 2 rings (SSSR count). The molecule has 1 atom stereocenters. The smallest absolute Gasteiger partial charge is 0.326 e. The number of rotatable bonds is 7. The van der Waals surface area contributed by atoms with Gasteiger partial charge in [0, 0.05) is 24.2 Å². The quantitative estimate of drug-likeness (QED) is 0.810. The number of hydrogen-bond acceptors (Lipinski definition) is 4. The number of aliphatic carboxylic acids is 1. The third-order valence-corrected chi connectivity index (χ3v) is 3.85. The molecule has 0 aliphatic carbocycles. The predicted octanol–water partition coefficient (Wildman–Crippen LogP) is 2.65. The zero-order valence-electron chi connectivity index (χ0n) is 13.6. The van der Waals surface area contributed by atoms with Gasteiger partial charge < -0.3 is 10.4 Å². The van der Waals surface area contributed by atoms with Gasteiger partial charge in [-0.05, 0) is 37.6 Å². The molecule has 0 saturated heterocycles. The van der Waals surface area contributed by atoms with E-state index in [2.05, 4.69) is 10.4 Å². The summed E-state index contributed by atoms with van der Waals surface area (Å²) in [6.07, 6.45) is 3.05. The van der Waals surface area contributed by atoms with Crippen molar-refractivity contribution in [2.45, 2.75) is 45.6 Å². The number of anilines is 1. The summed E-state index contributed by atoms with van der Waals surface area (Å²) in [4.78, 5) is 23.4. The van der Waals surface area contributed by atoms with Crippen molar-refractivity contribution in [2.24, 2.45) is 5.10 Å². The third-order valence-electron chi connectivity index (χ3n) is 3.85. The fraction of sp³-hybridized carbons (Fsp3) is 0.471. The van der Waals surface area contributed by atoms with Crippen LogP contribution in [0.15, 0.2) is 29.4 Å². The Hall–Kier alpha value is -2.37. The maximum atomic E-state index is 12.2. The van der Waals surface area contributed by atoms with E-state index < -0.39 is 12.0 Å². The number of unbranched alkanes of at least 4 members (excludes halogenated alkanes) is 1. The topological polar surface area (TPSA) is 82.0 Å². The molecule has 23 heavy (non-hydrogen) atoms. The van der Waals surface area contributed by atoms with Gasteiger partial charge in [0.1, 0.15) is 6.04 Å². The number of benzene rings is 1. The third kappa shape index (κ3) is 4.55. The Labute approximate surface area is 136 Å². The van der Waals surface area contributed by atoms with E-state index in [1.807, 2.05) is 31.0 Å². The number of amides is 1. The molecule has 1 aromatic rings. The first-order valence-electron chi connectivity index (χ1n) is 7.96. The van der Waals surface area contributed by atoms with Crippen LogP contribution in [0.2, 0.25) is 0 Å². The van der Waals surface area contributed by atoms with Gasteiger partial charge in [0.15, 0.2) is 0 Å². The fourth-order valence-electron chi connectivity index (χ4n) is 2.45. The van der Waals surface area contributed by atoms with Crippen molar-refractivity contribution < 1.29 is 14.7 Å². The first kappa shape index (κ1) is 17.0. The van der Waals surface area contributed by atoms with E-state index in [1.165, 1.54) is 0 Å². The van der Waals surface area contributed by atoms with Crippen LogP contribution in [-0.2, 0) is 4.79 Å². The summed E-state index contributed by atoms with van der Waals surface area (Å²) in [5.41, 5.74) is 2.47. The molecular weight excluding hydrogens is 294 g/mol. The molecule has 1 aliphatic rings. The summed E-state index contributed by atoms with van der Waals surface area (Å²) in [6, 6.07) is 6.23. The number of hydrogen-bond donors (Lipinski definition) is 2. The SMILES string of the molecule is CCCCC(NC(=O)c1ccc(N2CCC(C)=N2)cc1)C(=O)O.